The molecule has 0 atom stereocenters. The molecule has 0 saturated heterocycles. The Bertz CT molecular complexity index is 643. The summed E-state index contributed by atoms with van der Waals surface area (Å²) in [5.41, 5.74) is 0.786. The number of nitrogens with zero attached hydrogens (tertiary/aromatic N) is 2. The van der Waals surface area contributed by atoms with Crippen molar-refractivity contribution in [1.29, 1.82) is 0 Å². The number of hydrogen-bond donors (Lipinski definition) is 1. The topological polar surface area (TPSA) is 93.3 Å². The summed E-state index contributed by atoms with van der Waals surface area (Å²) in [7, 11) is 0. The monoisotopic (exact) mass is 290 g/mol. The maximum atomic E-state index is 10.9. The van der Waals surface area contributed by atoms with Gasteiger partial charge < -0.3 is 5.11 Å². The molecule has 0 spiro atoms. The molecule has 2 aromatic rings. The third-order valence-electron chi connectivity index (χ3n) is 2.55. The van der Waals surface area contributed by atoms with Crippen molar-refractivity contribution in [2.24, 2.45) is 0 Å². The van der Waals surface area contributed by atoms with Gasteiger partial charge in [-0.3, -0.25) is 10.1 Å². The van der Waals surface area contributed by atoms with Crippen LogP contribution in [0.3, 0.4) is 0 Å². The fourth-order valence-corrected chi connectivity index (χ4v) is 2.39. The lowest BCUT2D eigenvalue weighted by molar-refractivity contribution is -0.385. The number of aromatic carboxylic acids is 1. The summed E-state index contributed by atoms with van der Waals surface area (Å²) < 4.78 is 0. The van der Waals surface area contributed by atoms with Gasteiger partial charge in [0.2, 0.25) is 0 Å². The van der Waals surface area contributed by atoms with Crippen molar-refractivity contribution in [1.82, 2.24) is 4.98 Å². The second-order valence-corrected chi connectivity index (χ2v) is 4.86. The van der Waals surface area contributed by atoms with Gasteiger partial charge in [0, 0.05) is 23.6 Å². The number of nitro groups is 1. The van der Waals surface area contributed by atoms with E-state index in [2.05, 4.69) is 4.98 Å². The molecule has 1 aromatic carbocycles. The van der Waals surface area contributed by atoms with Gasteiger partial charge in [-0.25, -0.2) is 9.78 Å². The highest BCUT2D eigenvalue weighted by molar-refractivity contribution is 7.98. The minimum Gasteiger partial charge on any atom is -0.478 e. The Kier molecular flexibility index (Phi) is 4.31. The predicted octanol–water partition coefficient (Wildman–Crippen LogP) is 2.98. The van der Waals surface area contributed by atoms with E-state index in [9.17, 15) is 14.9 Å². The van der Waals surface area contributed by atoms with E-state index in [1.54, 1.807) is 24.3 Å². The molecule has 1 aromatic heterocycles. The van der Waals surface area contributed by atoms with Crippen LogP contribution in [0.4, 0.5) is 5.69 Å². The Labute approximate surface area is 118 Å². The molecule has 0 saturated carbocycles. The summed E-state index contributed by atoms with van der Waals surface area (Å²) in [5.74, 6) is -0.635. The van der Waals surface area contributed by atoms with Crippen LogP contribution in [-0.4, -0.2) is 21.0 Å². The van der Waals surface area contributed by atoms with Crippen LogP contribution >= 0.6 is 11.8 Å². The maximum absolute atomic E-state index is 10.9. The van der Waals surface area contributed by atoms with Crippen LogP contribution in [-0.2, 0) is 5.75 Å². The number of benzene rings is 1. The van der Waals surface area contributed by atoms with Gasteiger partial charge in [0.15, 0.2) is 0 Å². The summed E-state index contributed by atoms with van der Waals surface area (Å²) in [6, 6.07) is 9.55. The maximum Gasteiger partial charge on any atom is 0.337 e. The van der Waals surface area contributed by atoms with Crippen LogP contribution in [0.25, 0.3) is 0 Å². The molecule has 0 aliphatic rings. The SMILES string of the molecule is O=C(O)c1ccc(SCc2ccccc2[N+](=O)[O-])nc1. The first-order valence-corrected chi connectivity index (χ1v) is 6.61. The highest BCUT2D eigenvalue weighted by Gasteiger charge is 2.12. The number of rotatable bonds is 5. The van der Waals surface area contributed by atoms with Crippen molar-refractivity contribution in [3.8, 4) is 0 Å². The average molecular weight is 290 g/mol. The van der Waals surface area contributed by atoms with Gasteiger partial charge in [0.25, 0.3) is 5.69 Å². The first kappa shape index (κ1) is 14.0. The molecule has 2 rings (SSSR count). The Morgan fingerprint density at radius 2 is 2.05 bits per heavy atom. The molecule has 7 heteroatoms. The zero-order chi connectivity index (χ0) is 14.5. The lowest BCUT2D eigenvalue weighted by Crippen LogP contribution is -1.97. The second-order valence-electron chi connectivity index (χ2n) is 3.86. The minimum atomic E-state index is -1.03. The third-order valence-corrected chi connectivity index (χ3v) is 3.54. The van der Waals surface area contributed by atoms with Crippen LogP contribution in [0.15, 0.2) is 47.6 Å². The van der Waals surface area contributed by atoms with Crippen LogP contribution in [0.1, 0.15) is 15.9 Å². The zero-order valence-corrected chi connectivity index (χ0v) is 11.0. The van der Waals surface area contributed by atoms with Gasteiger partial charge in [-0.15, -0.1) is 11.8 Å². The van der Waals surface area contributed by atoms with E-state index >= 15 is 0 Å². The Balaban J connectivity index is 2.09. The number of para-hydroxylation sites is 1. The number of nitro benzene ring substituents is 1. The molecule has 0 amide bonds. The molecule has 20 heavy (non-hydrogen) atoms. The number of carboxylic acid groups (broad SMARTS) is 1. The number of aromatic nitrogens is 1. The summed E-state index contributed by atoms with van der Waals surface area (Å²) in [5, 5.41) is 20.2. The molecule has 0 fully saturated rings. The van der Waals surface area contributed by atoms with Crippen LogP contribution in [0, 0.1) is 10.1 Å². The normalized spacial score (nSPS) is 10.2. The number of thioether (sulfide) groups is 1. The molecule has 1 N–H and O–H groups in total. The van der Waals surface area contributed by atoms with E-state index in [4.69, 9.17) is 5.11 Å². The molecule has 0 aliphatic heterocycles. The van der Waals surface area contributed by atoms with Crippen molar-refractivity contribution in [3.05, 3.63) is 63.8 Å². The van der Waals surface area contributed by atoms with Gasteiger partial charge in [-0.2, -0.15) is 0 Å². The van der Waals surface area contributed by atoms with Gasteiger partial charge >= 0.3 is 5.97 Å². The third kappa shape index (κ3) is 3.33. The molecule has 0 unspecified atom stereocenters. The fraction of sp³-hybridized carbons (Fsp3) is 0.0769. The summed E-state index contributed by atoms with van der Waals surface area (Å²) in [6.07, 6.45) is 1.27. The molecule has 1 heterocycles. The standard InChI is InChI=1S/C13H10N2O4S/c16-13(17)9-5-6-12(14-7-9)20-8-10-3-1-2-4-11(10)15(18)19/h1-7H,8H2,(H,16,17). The summed E-state index contributed by atoms with van der Waals surface area (Å²) >= 11 is 1.32. The molecule has 102 valence electrons. The van der Waals surface area contributed by atoms with Gasteiger partial charge in [0.1, 0.15) is 0 Å². The largest absolute Gasteiger partial charge is 0.478 e. The van der Waals surface area contributed by atoms with Gasteiger partial charge in [-0.1, -0.05) is 18.2 Å². The van der Waals surface area contributed by atoms with Crippen LogP contribution in [0.2, 0.25) is 0 Å². The number of hydrogen-bond acceptors (Lipinski definition) is 5. The van der Waals surface area contributed by atoms with Crippen LogP contribution in [0.5, 0.6) is 0 Å². The lowest BCUT2D eigenvalue weighted by atomic mass is 10.2. The molecule has 0 radical (unpaired) electrons. The number of pyridine rings is 1. The van der Waals surface area contributed by atoms with Crippen molar-refractivity contribution in [2.75, 3.05) is 0 Å². The highest BCUT2D eigenvalue weighted by Crippen LogP contribution is 2.26. The Morgan fingerprint density at radius 1 is 1.30 bits per heavy atom. The summed E-state index contributed by atoms with van der Waals surface area (Å²) in [4.78, 5) is 25.1. The molecule has 6 nitrogen and oxygen atoms in total. The van der Waals surface area contributed by atoms with E-state index in [0.717, 1.165) is 0 Å². The first-order chi connectivity index (χ1) is 9.58. The molecular formula is C13H10N2O4S. The van der Waals surface area contributed by atoms with Crippen molar-refractivity contribution in [2.45, 2.75) is 10.8 Å². The van der Waals surface area contributed by atoms with Crippen LogP contribution < -0.4 is 0 Å². The van der Waals surface area contributed by atoms with E-state index in [-0.39, 0.29) is 11.3 Å². The molecule has 0 aliphatic carbocycles. The van der Waals surface area contributed by atoms with Crippen molar-refractivity contribution >= 4 is 23.4 Å². The van der Waals surface area contributed by atoms with E-state index < -0.39 is 10.9 Å². The number of carbonyl (C=O) groups is 1. The highest BCUT2D eigenvalue weighted by atomic mass is 32.2. The smallest absolute Gasteiger partial charge is 0.337 e. The quantitative estimate of drug-likeness (QED) is 0.517. The van der Waals surface area contributed by atoms with E-state index in [0.29, 0.717) is 16.3 Å². The minimum absolute atomic E-state index is 0.0714. The average Bonchev–Trinajstić information content (AvgIpc) is 2.45. The molecule has 0 bridgehead atoms. The van der Waals surface area contributed by atoms with Crippen molar-refractivity contribution in [3.63, 3.8) is 0 Å². The van der Waals surface area contributed by atoms with Gasteiger partial charge in [0.05, 0.1) is 15.5 Å². The molecular weight excluding hydrogens is 280 g/mol. The lowest BCUT2D eigenvalue weighted by Gasteiger charge is -2.03. The predicted molar refractivity (Wildman–Crippen MR) is 73.9 cm³/mol. The second kappa shape index (κ2) is 6.16. The van der Waals surface area contributed by atoms with E-state index in [1.165, 1.54) is 30.1 Å². The zero-order valence-electron chi connectivity index (χ0n) is 10.2. The van der Waals surface area contributed by atoms with Gasteiger partial charge in [-0.05, 0) is 12.1 Å². The van der Waals surface area contributed by atoms with Crippen molar-refractivity contribution < 1.29 is 14.8 Å². The van der Waals surface area contributed by atoms with E-state index in [1.807, 2.05) is 0 Å². The fourth-order valence-electron chi connectivity index (χ4n) is 1.55. The Morgan fingerprint density at radius 3 is 2.65 bits per heavy atom. The first-order valence-electron chi connectivity index (χ1n) is 5.62. The Hall–Kier alpha value is -2.41. The number of carboxylic acids is 1. The summed E-state index contributed by atoms with van der Waals surface area (Å²) in [6.45, 7) is 0.